The molecule has 1 aromatic heterocycles. The molecule has 35 heavy (non-hydrogen) atoms. The lowest BCUT2D eigenvalue weighted by Crippen LogP contribution is -2.30. The zero-order valence-corrected chi connectivity index (χ0v) is 18.5. The van der Waals surface area contributed by atoms with E-state index < -0.39 is 22.5 Å². The number of anilines is 3. The van der Waals surface area contributed by atoms with Crippen molar-refractivity contribution in [2.45, 2.75) is 6.92 Å². The second-order valence-electron chi connectivity index (χ2n) is 7.21. The number of carbonyl (C=O) groups excluding carboxylic acids is 2. The van der Waals surface area contributed by atoms with E-state index in [9.17, 15) is 19.7 Å². The van der Waals surface area contributed by atoms with Crippen LogP contribution in [0.1, 0.15) is 27.6 Å². The number of aromatic nitrogens is 2. The van der Waals surface area contributed by atoms with E-state index in [0.717, 1.165) is 17.1 Å². The number of hydrazine groups is 1. The summed E-state index contributed by atoms with van der Waals surface area (Å²) in [5.41, 5.74) is 5.71. The standard InChI is InChI=1S/C24H20N6O5/c1-2-35-24(32)16-10-12-17(13-11-16)27-21-20(30(33)34)22(26-14-25-21)28-29-23(31)19-9-5-7-15-6-3-4-8-18(15)19/h3-14H,2H2,1H3,(H,29,31)(H2,25,26,27,28). The molecule has 11 heteroatoms. The van der Waals surface area contributed by atoms with Crippen molar-refractivity contribution in [1.29, 1.82) is 0 Å². The molecule has 11 nitrogen and oxygen atoms in total. The molecule has 1 amide bonds. The third-order valence-electron chi connectivity index (χ3n) is 4.99. The SMILES string of the molecule is CCOC(=O)c1ccc(Nc2ncnc(NNC(=O)c3cccc4ccccc34)c2[N+](=O)[O-])cc1. The first-order valence-electron chi connectivity index (χ1n) is 10.6. The van der Waals surface area contributed by atoms with Gasteiger partial charge in [-0.25, -0.2) is 14.8 Å². The Morgan fingerprint density at radius 3 is 2.43 bits per heavy atom. The van der Waals surface area contributed by atoms with E-state index >= 15 is 0 Å². The lowest BCUT2D eigenvalue weighted by Gasteiger charge is -2.12. The molecular weight excluding hydrogens is 452 g/mol. The van der Waals surface area contributed by atoms with Gasteiger partial charge < -0.3 is 10.1 Å². The van der Waals surface area contributed by atoms with Crippen LogP contribution < -0.4 is 16.2 Å². The summed E-state index contributed by atoms with van der Waals surface area (Å²) in [6, 6.07) is 18.8. The molecule has 0 aliphatic heterocycles. The molecule has 0 saturated carbocycles. The number of hydrogen-bond acceptors (Lipinski definition) is 9. The number of nitro groups is 1. The van der Waals surface area contributed by atoms with Gasteiger partial charge in [0.15, 0.2) is 0 Å². The smallest absolute Gasteiger partial charge is 0.355 e. The van der Waals surface area contributed by atoms with Crippen molar-refractivity contribution in [3.8, 4) is 0 Å². The Bertz CT molecular complexity index is 1400. The molecule has 3 N–H and O–H groups in total. The molecular formula is C24H20N6O5. The molecule has 0 bridgehead atoms. The zero-order valence-electron chi connectivity index (χ0n) is 18.5. The van der Waals surface area contributed by atoms with Crippen LogP contribution in [0.2, 0.25) is 0 Å². The highest BCUT2D eigenvalue weighted by Crippen LogP contribution is 2.31. The lowest BCUT2D eigenvalue weighted by atomic mass is 10.0. The molecule has 0 aliphatic carbocycles. The normalized spacial score (nSPS) is 10.4. The van der Waals surface area contributed by atoms with Gasteiger partial charge in [-0.3, -0.25) is 25.8 Å². The quantitative estimate of drug-likeness (QED) is 0.195. The van der Waals surface area contributed by atoms with E-state index in [2.05, 4.69) is 26.1 Å². The Kier molecular flexibility index (Phi) is 6.77. The summed E-state index contributed by atoms with van der Waals surface area (Å²) in [6.45, 7) is 1.96. The molecule has 0 atom stereocenters. The van der Waals surface area contributed by atoms with Gasteiger partial charge in [-0.1, -0.05) is 36.4 Å². The van der Waals surface area contributed by atoms with Crippen LogP contribution in [0.5, 0.6) is 0 Å². The summed E-state index contributed by atoms with van der Waals surface area (Å²) in [7, 11) is 0. The van der Waals surface area contributed by atoms with Crippen LogP contribution in [0.25, 0.3) is 10.8 Å². The van der Waals surface area contributed by atoms with E-state index in [4.69, 9.17) is 4.74 Å². The first-order chi connectivity index (χ1) is 17.0. The maximum Gasteiger partial charge on any atom is 0.355 e. The van der Waals surface area contributed by atoms with E-state index in [-0.39, 0.29) is 18.2 Å². The minimum absolute atomic E-state index is 0.101. The summed E-state index contributed by atoms with van der Waals surface area (Å²) in [4.78, 5) is 43.6. The number of rotatable bonds is 8. The van der Waals surface area contributed by atoms with Gasteiger partial charge in [-0.2, -0.15) is 0 Å². The van der Waals surface area contributed by atoms with Crippen LogP contribution in [0, 0.1) is 10.1 Å². The Morgan fingerprint density at radius 1 is 0.971 bits per heavy atom. The number of esters is 1. The van der Waals surface area contributed by atoms with Crippen molar-refractivity contribution in [2.75, 3.05) is 17.3 Å². The molecule has 4 aromatic rings. The summed E-state index contributed by atoms with van der Waals surface area (Å²) in [5.74, 6) is -1.26. The van der Waals surface area contributed by atoms with Gasteiger partial charge in [-0.15, -0.1) is 0 Å². The third kappa shape index (κ3) is 5.14. The highest BCUT2D eigenvalue weighted by Gasteiger charge is 2.24. The molecule has 0 saturated heterocycles. The average Bonchev–Trinajstić information content (AvgIpc) is 2.87. The number of hydrogen-bond donors (Lipinski definition) is 3. The predicted octanol–water partition coefficient (Wildman–Crippen LogP) is 4.22. The number of amides is 1. The van der Waals surface area contributed by atoms with Crippen molar-refractivity contribution in [3.05, 3.63) is 94.3 Å². The summed E-state index contributed by atoms with van der Waals surface area (Å²) in [6.07, 6.45) is 1.12. The lowest BCUT2D eigenvalue weighted by molar-refractivity contribution is -0.383. The van der Waals surface area contributed by atoms with Gasteiger partial charge in [0.2, 0.25) is 11.6 Å². The highest BCUT2D eigenvalue weighted by molar-refractivity contribution is 6.07. The van der Waals surface area contributed by atoms with Gasteiger partial charge in [-0.05, 0) is 48.0 Å². The van der Waals surface area contributed by atoms with E-state index in [1.807, 2.05) is 30.3 Å². The van der Waals surface area contributed by atoms with Gasteiger partial charge in [0.25, 0.3) is 5.91 Å². The first kappa shape index (κ1) is 23.1. The number of benzene rings is 3. The Morgan fingerprint density at radius 2 is 1.69 bits per heavy atom. The molecule has 3 aromatic carbocycles. The van der Waals surface area contributed by atoms with E-state index in [1.165, 1.54) is 12.1 Å². The topological polar surface area (TPSA) is 148 Å². The number of fused-ring (bicyclic) bond motifs is 1. The first-order valence-corrected chi connectivity index (χ1v) is 10.6. The Balaban J connectivity index is 1.54. The average molecular weight is 472 g/mol. The number of carbonyl (C=O) groups is 2. The summed E-state index contributed by atoms with van der Waals surface area (Å²) in [5, 5.41) is 16.3. The molecule has 0 spiro atoms. The fourth-order valence-electron chi connectivity index (χ4n) is 3.38. The summed E-state index contributed by atoms with van der Waals surface area (Å²) >= 11 is 0. The monoisotopic (exact) mass is 472 g/mol. The van der Waals surface area contributed by atoms with Crippen LogP contribution in [0.15, 0.2) is 73.1 Å². The Labute approximate surface area is 199 Å². The molecule has 0 radical (unpaired) electrons. The van der Waals surface area contributed by atoms with Gasteiger partial charge in [0.1, 0.15) is 6.33 Å². The van der Waals surface area contributed by atoms with E-state index in [1.54, 1.807) is 31.2 Å². The molecule has 1 heterocycles. The third-order valence-corrected chi connectivity index (χ3v) is 4.99. The number of nitrogens with one attached hydrogen (secondary N) is 3. The maximum absolute atomic E-state index is 12.8. The highest BCUT2D eigenvalue weighted by atomic mass is 16.6. The zero-order chi connectivity index (χ0) is 24.8. The fourth-order valence-corrected chi connectivity index (χ4v) is 3.38. The van der Waals surface area contributed by atoms with Crippen molar-refractivity contribution < 1.29 is 19.2 Å². The fraction of sp³-hybridized carbons (Fsp3) is 0.0833. The number of ether oxygens (including phenoxy) is 1. The van der Waals surface area contributed by atoms with E-state index in [0.29, 0.717) is 16.8 Å². The molecule has 0 fully saturated rings. The minimum atomic E-state index is -0.665. The van der Waals surface area contributed by atoms with Crippen molar-refractivity contribution in [3.63, 3.8) is 0 Å². The Hall–Kier alpha value is -5.06. The van der Waals surface area contributed by atoms with Gasteiger partial charge >= 0.3 is 11.7 Å². The van der Waals surface area contributed by atoms with Crippen LogP contribution in [0.3, 0.4) is 0 Å². The van der Waals surface area contributed by atoms with Crippen molar-refractivity contribution in [2.24, 2.45) is 0 Å². The number of nitrogens with zero attached hydrogens (tertiary/aromatic N) is 3. The molecule has 0 aliphatic rings. The summed E-state index contributed by atoms with van der Waals surface area (Å²) < 4.78 is 4.94. The second-order valence-corrected chi connectivity index (χ2v) is 7.21. The van der Waals surface area contributed by atoms with Crippen LogP contribution in [0.4, 0.5) is 23.0 Å². The van der Waals surface area contributed by atoms with Crippen molar-refractivity contribution >= 4 is 45.7 Å². The van der Waals surface area contributed by atoms with Gasteiger partial charge in [0.05, 0.1) is 17.1 Å². The molecule has 0 unspecified atom stereocenters. The largest absolute Gasteiger partial charge is 0.462 e. The minimum Gasteiger partial charge on any atom is -0.462 e. The van der Waals surface area contributed by atoms with Crippen LogP contribution >= 0.6 is 0 Å². The van der Waals surface area contributed by atoms with Crippen molar-refractivity contribution in [1.82, 2.24) is 15.4 Å². The maximum atomic E-state index is 12.8. The second kappa shape index (κ2) is 10.3. The van der Waals surface area contributed by atoms with Crippen LogP contribution in [-0.2, 0) is 4.74 Å². The van der Waals surface area contributed by atoms with Crippen LogP contribution in [-0.4, -0.2) is 33.4 Å². The molecule has 4 rings (SSSR count). The van der Waals surface area contributed by atoms with Gasteiger partial charge in [0, 0.05) is 11.3 Å². The molecule has 176 valence electrons. The predicted molar refractivity (Wildman–Crippen MR) is 129 cm³/mol.